The monoisotopic (exact) mass is 964 g/mol. The number of carbonyl (C=O) groups is 8. The first-order valence-corrected chi connectivity index (χ1v) is 23.1. The summed E-state index contributed by atoms with van der Waals surface area (Å²) in [6.07, 6.45) is -5.04. The number of nitrogens with one attached hydrogen (secondary N) is 7. The van der Waals surface area contributed by atoms with Gasteiger partial charge in [0.15, 0.2) is 6.29 Å². The van der Waals surface area contributed by atoms with Gasteiger partial charge in [0.1, 0.15) is 42.5 Å². The Morgan fingerprint density at radius 3 is 2.11 bits per heavy atom. The smallest absolute Gasteiger partial charge is 0.315 e. The maximum Gasteiger partial charge on any atom is 0.315 e. The Morgan fingerprint density at radius 1 is 0.833 bits per heavy atom. The summed E-state index contributed by atoms with van der Waals surface area (Å²) in [7, 11) is 0. The molecule has 11 atom stereocenters. The van der Waals surface area contributed by atoms with Crippen LogP contribution in [0.1, 0.15) is 65.7 Å². The van der Waals surface area contributed by atoms with Crippen LogP contribution in [0.15, 0.2) is 0 Å². The van der Waals surface area contributed by atoms with Gasteiger partial charge in [0.05, 0.1) is 64.9 Å². The SMILES string of the molecule is CC(=O)N[C@@H]1[C@@H](O[C@H](C)C(=O)N[C@@H](C)C(=O)N[C@@H](CCC(=O)O)C(N)=O)[C@H](O)[C@@H](CNC(=O)CCOCCOCCOCCOCCNC(=O)CCCCC2SC[C@H]3NC(=O)N[C@@H]23)O[C@H]1O. The van der Waals surface area contributed by atoms with Crippen molar-refractivity contribution in [1.82, 2.24) is 37.2 Å². The third kappa shape index (κ3) is 20.6. The van der Waals surface area contributed by atoms with Gasteiger partial charge in [0.2, 0.25) is 35.4 Å². The van der Waals surface area contributed by atoms with Crippen LogP contribution in [0.2, 0.25) is 0 Å². The zero-order chi connectivity index (χ0) is 48.6. The predicted octanol–water partition coefficient (Wildman–Crippen LogP) is -3.90. The Labute approximate surface area is 387 Å². The van der Waals surface area contributed by atoms with Gasteiger partial charge in [-0.05, 0) is 33.1 Å². The number of aliphatic hydroxyl groups is 2. The van der Waals surface area contributed by atoms with E-state index in [2.05, 4.69) is 37.2 Å². The van der Waals surface area contributed by atoms with E-state index in [1.54, 1.807) is 0 Å². The van der Waals surface area contributed by atoms with Gasteiger partial charge in [-0.15, -0.1) is 0 Å². The second kappa shape index (κ2) is 30.1. The van der Waals surface area contributed by atoms with E-state index >= 15 is 0 Å². The number of fused-ring (bicyclic) bond motifs is 1. The number of carboxylic acids is 1. The number of rotatable bonds is 33. The Bertz CT molecular complexity index is 1600. The van der Waals surface area contributed by atoms with Gasteiger partial charge in [0.25, 0.3) is 0 Å². The molecule has 3 aliphatic heterocycles. The second-order valence-electron chi connectivity index (χ2n) is 15.9. The van der Waals surface area contributed by atoms with Gasteiger partial charge in [-0.1, -0.05) is 6.42 Å². The molecule has 25 nitrogen and oxygen atoms in total. The maximum atomic E-state index is 13.0. The molecule has 0 radical (unpaired) electrons. The number of ether oxygens (including phenoxy) is 6. The molecule has 0 aromatic heterocycles. The van der Waals surface area contributed by atoms with Crippen LogP contribution < -0.4 is 43.0 Å². The van der Waals surface area contributed by atoms with Gasteiger partial charge in [0, 0.05) is 50.3 Å². The van der Waals surface area contributed by atoms with Crippen LogP contribution in [-0.4, -0.2) is 201 Å². The van der Waals surface area contributed by atoms with Gasteiger partial charge >= 0.3 is 12.0 Å². The number of aliphatic hydroxyl groups excluding tert-OH is 2. The highest BCUT2D eigenvalue weighted by molar-refractivity contribution is 8.00. The van der Waals surface area contributed by atoms with Crippen molar-refractivity contribution >= 4 is 59.2 Å². The Hall–Kier alpha value is -4.41. The normalized spacial score (nSPS) is 24.7. The molecular formula is C40H68N8O17S. The van der Waals surface area contributed by atoms with Gasteiger partial charge in [-0.3, -0.25) is 33.6 Å². The lowest BCUT2D eigenvalue weighted by atomic mass is 9.95. The molecule has 3 rings (SSSR count). The molecule has 3 fully saturated rings. The molecule has 3 saturated heterocycles. The third-order valence-electron chi connectivity index (χ3n) is 10.6. The van der Waals surface area contributed by atoms with E-state index in [0.29, 0.717) is 51.2 Å². The van der Waals surface area contributed by atoms with Crippen molar-refractivity contribution in [1.29, 1.82) is 0 Å². The fourth-order valence-electron chi connectivity index (χ4n) is 7.05. The molecule has 66 heavy (non-hydrogen) atoms. The average Bonchev–Trinajstić information content (AvgIpc) is 3.82. The average molecular weight is 965 g/mol. The van der Waals surface area contributed by atoms with E-state index in [1.165, 1.54) is 13.8 Å². The summed E-state index contributed by atoms with van der Waals surface area (Å²) in [5.74, 6) is -4.05. The van der Waals surface area contributed by atoms with E-state index in [-0.39, 0.29) is 63.2 Å². The molecule has 0 aliphatic carbocycles. The van der Waals surface area contributed by atoms with E-state index in [4.69, 9.17) is 39.3 Å². The number of urea groups is 1. The minimum absolute atomic E-state index is 0.0173. The van der Waals surface area contributed by atoms with E-state index in [1.807, 2.05) is 11.8 Å². The molecule has 0 spiro atoms. The quantitative estimate of drug-likeness (QED) is 0.0221. The van der Waals surface area contributed by atoms with Crippen LogP contribution in [0.5, 0.6) is 0 Å². The molecule has 26 heteroatoms. The molecule has 8 amide bonds. The molecule has 0 bridgehead atoms. The summed E-state index contributed by atoms with van der Waals surface area (Å²) in [4.78, 5) is 96.2. The van der Waals surface area contributed by atoms with Gasteiger partial charge in [-0.2, -0.15) is 11.8 Å². The van der Waals surface area contributed by atoms with Crippen LogP contribution in [0.4, 0.5) is 4.79 Å². The van der Waals surface area contributed by atoms with Gasteiger partial charge < -0.3 is 86.7 Å². The fourth-order valence-corrected chi connectivity index (χ4v) is 8.59. The molecule has 0 saturated carbocycles. The lowest BCUT2D eigenvalue weighted by Crippen LogP contribution is -2.66. The standard InChI is InChI=1S/C40H68N8O17S/c1-22(37(56)46-25(36(41)55)8-9-31(52)53)44-38(57)23(2)64-35-33(45-24(3)49)39(58)65-27(34(35)54)20-43-30(51)10-12-60-14-16-62-18-19-63-17-15-61-13-11-42-29(50)7-5-4-6-28-32-26(21-66-28)47-40(59)48-32/h22-23,25-28,32-35,39,54,58H,4-21H2,1-3H3,(H2,41,55)(H,42,50)(H,43,51)(H,44,57)(H,45,49)(H,46,56)(H,52,53)(H2,47,48,59)/t22-,23+,25-,26+,27+,28?,32+,33+,34+,35+,39+/m0/s1. The largest absolute Gasteiger partial charge is 0.481 e. The Kier molecular flexibility index (Phi) is 25.5. The molecule has 1 unspecified atom stereocenters. The number of hydrogen-bond donors (Lipinski definition) is 11. The van der Waals surface area contributed by atoms with Crippen LogP contribution in [0.25, 0.3) is 0 Å². The number of aliphatic carboxylic acids is 1. The number of thioether (sulfide) groups is 1. The number of primary amides is 1. The topological polar surface area (TPSA) is 363 Å². The number of amides is 8. The summed E-state index contributed by atoms with van der Waals surface area (Å²) >= 11 is 1.87. The lowest BCUT2D eigenvalue weighted by Gasteiger charge is -2.43. The predicted molar refractivity (Wildman–Crippen MR) is 232 cm³/mol. The summed E-state index contributed by atoms with van der Waals surface area (Å²) in [6, 6.07) is -3.61. The van der Waals surface area contributed by atoms with Crippen molar-refractivity contribution in [2.45, 2.75) is 132 Å². The van der Waals surface area contributed by atoms with Crippen LogP contribution in [-0.2, 0) is 62.0 Å². The molecule has 0 aromatic rings. The highest BCUT2D eigenvalue weighted by Gasteiger charge is 2.47. The number of unbranched alkanes of at least 4 members (excludes halogenated alkanes) is 1. The summed E-state index contributed by atoms with van der Waals surface area (Å²) < 4.78 is 33.1. The molecule has 3 heterocycles. The van der Waals surface area contributed by atoms with Crippen molar-refractivity contribution in [2.24, 2.45) is 5.73 Å². The molecular weight excluding hydrogens is 897 g/mol. The Morgan fingerprint density at radius 2 is 1.47 bits per heavy atom. The highest BCUT2D eigenvalue weighted by atomic mass is 32.2. The Balaban J connectivity index is 1.21. The number of carbonyl (C=O) groups excluding carboxylic acids is 7. The van der Waals surface area contributed by atoms with Crippen molar-refractivity contribution in [2.75, 3.05) is 71.7 Å². The van der Waals surface area contributed by atoms with Crippen LogP contribution in [0.3, 0.4) is 0 Å². The van der Waals surface area contributed by atoms with Crippen LogP contribution in [0, 0.1) is 0 Å². The number of carboxylic acid groups (broad SMARTS) is 1. The maximum absolute atomic E-state index is 13.0. The van der Waals surface area contributed by atoms with E-state index < -0.39 is 90.8 Å². The number of hydrogen-bond acceptors (Lipinski definition) is 17. The van der Waals surface area contributed by atoms with E-state index in [0.717, 1.165) is 31.9 Å². The zero-order valence-electron chi connectivity index (χ0n) is 37.6. The molecule has 12 N–H and O–H groups in total. The minimum Gasteiger partial charge on any atom is -0.481 e. The zero-order valence-corrected chi connectivity index (χ0v) is 38.4. The lowest BCUT2D eigenvalue weighted by molar-refractivity contribution is -0.259. The molecule has 0 aromatic carbocycles. The first-order valence-electron chi connectivity index (χ1n) is 22.1. The summed E-state index contributed by atoms with van der Waals surface area (Å²) in [6.45, 7) is 6.05. The minimum atomic E-state index is -1.73. The van der Waals surface area contributed by atoms with Crippen molar-refractivity contribution in [3.05, 3.63) is 0 Å². The van der Waals surface area contributed by atoms with Gasteiger partial charge in [-0.25, -0.2) is 4.79 Å². The van der Waals surface area contributed by atoms with E-state index in [9.17, 15) is 48.6 Å². The first kappa shape index (κ1) is 55.9. The fraction of sp³-hybridized carbons (Fsp3) is 0.800. The van der Waals surface area contributed by atoms with Crippen molar-refractivity contribution in [3.63, 3.8) is 0 Å². The second-order valence-corrected chi connectivity index (χ2v) is 17.1. The van der Waals surface area contributed by atoms with Crippen LogP contribution >= 0.6 is 11.8 Å². The number of nitrogens with two attached hydrogens (primary N) is 1. The third-order valence-corrected chi connectivity index (χ3v) is 12.1. The summed E-state index contributed by atoms with van der Waals surface area (Å²) in [5, 5.41) is 49.5. The van der Waals surface area contributed by atoms with Crippen molar-refractivity contribution in [3.8, 4) is 0 Å². The molecule has 3 aliphatic rings. The summed E-state index contributed by atoms with van der Waals surface area (Å²) in [5.41, 5.74) is 5.25. The first-order chi connectivity index (χ1) is 31.5. The van der Waals surface area contributed by atoms with Crippen molar-refractivity contribution < 1.29 is 82.1 Å². The highest BCUT2D eigenvalue weighted by Crippen LogP contribution is 2.33. The molecule has 376 valence electrons.